The van der Waals surface area contributed by atoms with Crippen molar-refractivity contribution in [3.8, 4) is 0 Å². The topological polar surface area (TPSA) is 64.4 Å². The Bertz CT molecular complexity index is 650. The zero-order valence-electron chi connectivity index (χ0n) is 13.5. The highest BCUT2D eigenvalue weighted by molar-refractivity contribution is 7.99. The van der Waals surface area contributed by atoms with E-state index in [4.69, 9.17) is 9.15 Å². The number of hydrogen-bond acceptors (Lipinski definition) is 5. The minimum Gasteiger partial charge on any atom is -0.431 e. The molecule has 1 amide bonds. The van der Waals surface area contributed by atoms with Gasteiger partial charge in [-0.2, -0.15) is 0 Å². The molecule has 1 fully saturated rings. The van der Waals surface area contributed by atoms with E-state index in [1.807, 2.05) is 38.1 Å². The van der Waals surface area contributed by atoms with Crippen molar-refractivity contribution in [2.45, 2.75) is 37.5 Å². The monoisotopic (exact) mass is 334 g/mol. The van der Waals surface area contributed by atoms with Gasteiger partial charge in [0.25, 0.3) is 5.22 Å². The smallest absolute Gasteiger partial charge is 0.256 e. The van der Waals surface area contributed by atoms with Crippen molar-refractivity contribution in [2.24, 2.45) is 5.92 Å². The summed E-state index contributed by atoms with van der Waals surface area (Å²) in [7, 11) is 0. The van der Waals surface area contributed by atoms with E-state index < -0.39 is 0 Å². The molecule has 0 aliphatic carbocycles. The number of nitrogens with zero attached hydrogens (tertiary/aromatic N) is 1. The third-order valence-electron chi connectivity index (χ3n) is 3.97. The third kappa shape index (κ3) is 4.26. The molecule has 5 nitrogen and oxygen atoms in total. The number of carbonyl (C=O) groups is 1. The van der Waals surface area contributed by atoms with Gasteiger partial charge in [-0.3, -0.25) is 4.79 Å². The Morgan fingerprint density at radius 1 is 1.43 bits per heavy atom. The van der Waals surface area contributed by atoms with E-state index in [1.165, 1.54) is 11.8 Å². The number of thioether (sulfide) groups is 1. The number of ether oxygens (including phenoxy) is 1. The first-order valence-corrected chi connectivity index (χ1v) is 8.92. The van der Waals surface area contributed by atoms with Gasteiger partial charge in [0.2, 0.25) is 5.91 Å². The highest BCUT2D eigenvalue weighted by atomic mass is 32.2. The average Bonchev–Trinajstić information content (AvgIpc) is 2.93. The Hall–Kier alpha value is -1.53. The van der Waals surface area contributed by atoms with Gasteiger partial charge in [0, 0.05) is 24.8 Å². The van der Waals surface area contributed by atoms with Crippen LogP contribution in [0.15, 0.2) is 33.9 Å². The summed E-state index contributed by atoms with van der Waals surface area (Å²) < 4.78 is 11.3. The maximum absolute atomic E-state index is 12.2. The van der Waals surface area contributed by atoms with E-state index in [0.29, 0.717) is 18.4 Å². The second-order valence-corrected chi connectivity index (χ2v) is 7.43. The minimum atomic E-state index is -0.201. The quantitative estimate of drug-likeness (QED) is 0.672. The molecule has 124 valence electrons. The molecule has 6 heteroatoms. The van der Waals surface area contributed by atoms with Gasteiger partial charge in [0.1, 0.15) is 5.52 Å². The van der Waals surface area contributed by atoms with Gasteiger partial charge >= 0.3 is 0 Å². The largest absolute Gasteiger partial charge is 0.431 e. The summed E-state index contributed by atoms with van der Waals surface area (Å²) in [5.41, 5.74) is 1.46. The predicted octanol–water partition coefficient (Wildman–Crippen LogP) is 3.24. The number of hydrogen-bond donors (Lipinski definition) is 1. The molecule has 2 aromatic rings. The van der Waals surface area contributed by atoms with Crippen molar-refractivity contribution in [2.75, 3.05) is 18.9 Å². The number of aromatic nitrogens is 1. The van der Waals surface area contributed by atoms with Crippen LogP contribution in [0.25, 0.3) is 11.1 Å². The number of fused-ring (bicyclic) bond motifs is 1. The van der Waals surface area contributed by atoms with Gasteiger partial charge in [-0.05, 0) is 38.8 Å². The number of para-hydroxylation sites is 2. The summed E-state index contributed by atoms with van der Waals surface area (Å²) in [6, 6.07) is 7.70. The van der Waals surface area contributed by atoms with Crippen LogP contribution in [0.5, 0.6) is 0 Å². The highest BCUT2D eigenvalue weighted by Gasteiger charge is 2.32. The van der Waals surface area contributed by atoms with Crippen molar-refractivity contribution in [1.29, 1.82) is 0 Å². The van der Waals surface area contributed by atoms with Crippen LogP contribution in [0.2, 0.25) is 0 Å². The van der Waals surface area contributed by atoms with Gasteiger partial charge in [0.15, 0.2) is 5.58 Å². The predicted molar refractivity (Wildman–Crippen MR) is 90.5 cm³/mol. The molecule has 1 saturated heterocycles. The molecule has 1 aliphatic rings. The zero-order chi connectivity index (χ0) is 16.3. The lowest BCUT2D eigenvalue weighted by molar-refractivity contribution is -0.135. The van der Waals surface area contributed by atoms with Crippen molar-refractivity contribution >= 4 is 28.8 Å². The standard InChI is InChI=1S/C17H22N2O3S/c1-17(2)11-12(7-9-21-17)15(20)18-8-10-23-16-19-13-5-3-4-6-14(13)22-16/h3-6,12H,7-11H2,1-2H3,(H,18,20). The molecular formula is C17H22N2O3S. The van der Waals surface area contributed by atoms with Crippen molar-refractivity contribution in [3.63, 3.8) is 0 Å². The Kier molecular flexibility index (Phi) is 4.92. The summed E-state index contributed by atoms with van der Waals surface area (Å²) in [5.74, 6) is 0.915. The minimum absolute atomic E-state index is 0.0491. The molecule has 1 aliphatic heterocycles. The molecule has 0 saturated carbocycles. The Balaban J connectivity index is 1.43. The first-order valence-electron chi connectivity index (χ1n) is 7.93. The van der Waals surface area contributed by atoms with Crippen LogP contribution in [-0.2, 0) is 9.53 Å². The first-order chi connectivity index (χ1) is 11.0. The van der Waals surface area contributed by atoms with E-state index in [9.17, 15) is 4.79 Å². The molecule has 1 aromatic carbocycles. The first kappa shape index (κ1) is 16.3. The summed E-state index contributed by atoms with van der Waals surface area (Å²) in [5, 5.41) is 3.66. The van der Waals surface area contributed by atoms with Crippen LogP contribution in [-0.4, -0.2) is 35.4 Å². The lowest BCUT2D eigenvalue weighted by atomic mass is 9.88. The third-order valence-corrected chi connectivity index (χ3v) is 4.80. The second-order valence-electron chi connectivity index (χ2n) is 6.38. The van der Waals surface area contributed by atoms with Crippen LogP contribution >= 0.6 is 11.8 Å². The van der Waals surface area contributed by atoms with E-state index >= 15 is 0 Å². The highest BCUT2D eigenvalue weighted by Crippen LogP contribution is 2.28. The zero-order valence-corrected chi connectivity index (χ0v) is 14.3. The fourth-order valence-electron chi connectivity index (χ4n) is 2.83. The molecule has 1 unspecified atom stereocenters. The molecule has 2 heterocycles. The molecule has 23 heavy (non-hydrogen) atoms. The number of nitrogens with one attached hydrogen (secondary N) is 1. The van der Waals surface area contributed by atoms with Gasteiger partial charge in [-0.25, -0.2) is 4.98 Å². The lowest BCUT2D eigenvalue weighted by Gasteiger charge is -2.34. The van der Waals surface area contributed by atoms with Crippen LogP contribution in [0.4, 0.5) is 0 Å². The molecule has 1 N–H and O–H groups in total. The molecule has 0 spiro atoms. The maximum atomic E-state index is 12.2. The summed E-state index contributed by atoms with van der Waals surface area (Å²) in [6.07, 6.45) is 1.57. The Labute approximate surface area is 140 Å². The number of carbonyl (C=O) groups excluding carboxylic acids is 1. The average molecular weight is 334 g/mol. The fourth-order valence-corrected chi connectivity index (χ4v) is 3.52. The number of rotatable bonds is 5. The van der Waals surface area contributed by atoms with E-state index in [1.54, 1.807) is 0 Å². The molecule has 3 rings (SSSR count). The van der Waals surface area contributed by atoms with Crippen molar-refractivity contribution in [1.82, 2.24) is 10.3 Å². The van der Waals surface area contributed by atoms with Gasteiger partial charge < -0.3 is 14.5 Å². The van der Waals surface area contributed by atoms with E-state index in [2.05, 4.69) is 10.3 Å². The van der Waals surface area contributed by atoms with Crippen molar-refractivity contribution < 1.29 is 13.9 Å². The molecule has 1 aromatic heterocycles. The van der Waals surface area contributed by atoms with Crippen LogP contribution in [0, 0.1) is 5.92 Å². The normalized spacial score (nSPS) is 20.5. The molecular weight excluding hydrogens is 312 g/mol. The number of oxazole rings is 1. The lowest BCUT2D eigenvalue weighted by Crippen LogP contribution is -2.41. The summed E-state index contributed by atoms with van der Waals surface area (Å²) in [4.78, 5) is 16.6. The van der Waals surface area contributed by atoms with Crippen LogP contribution in [0.1, 0.15) is 26.7 Å². The van der Waals surface area contributed by atoms with Crippen LogP contribution < -0.4 is 5.32 Å². The SMILES string of the molecule is CC1(C)CC(C(=O)NCCSc2nc3ccccc3o2)CCO1. The number of benzene rings is 1. The summed E-state index contributed by atoms with van der Waals surface area (Å²) in [6.45, 7) is 5.34. The van der Waals surface area contributed by atoms with Gasteiger partial charge in [-0.1, -0.05) is 23.9 Å². The van der Waals surface area contributed by atoms with E-state index in [0.717, 1.165) is 29.7 Å². The van der Waals surface area contributed by atoms with Crippen molar-refractivity contribution in [3.05, 3.63) is 24.3 Å². The Morgan fingerprint density at radius 3 is 3.04 bits per heavy atom. The summed E-state index contributed by atoms with van der Waals surface area (Å²) >= 11 is 1.52. The van der Waals surface area contributed by atoms with E-state index in [-0.39, 0.29) is 17.4 Å². The van der Waals surface area contributed by atoms with Gasteiger partial charge in [0.05, 0.1) is 5.60 Å². The fraction of sp³-hybridized carbons (Fsp3) is 0.529. The molecule has 1 atom stereocenters. The van der Waals surface area contributed by atoms with Crippen LogP contribution in [0.3, 0.4) is 0 Å². The molecule has 0 bridgehead atoms. The maximum Gasteiger partial charge on any atom is 0.256 e. The molecule has 0 radical (unpaired) electrons. The second kappa shape index (κ2) is 6.93. The van der Waals surface area contributed by atoms with Gasteiger partial charge in [-0.15, -0.1) is 0 Å². The number of amides is 1. The Morgan fingerprint density at radius 2 is 2.26 bits per heavy atom.